The number of carbonyl (C=O) groups excluding carboxylic acids is 2. The van der Waals surface area contributed by atoms with Gasteiger partial charge in [0.1, 0.15) is 6.29 Å². The van der Waals surface area contributed by atoms with E-state index in [4.69, 9.17) is 0 Å². The molecule has 0 fully saturated rings. The van der Waals surface area contributed by atoms with E-state index in [1.54, 1.807) is 13.8 Å². The monoisotopic (exact) mass is 174 g/mol. The largest absolute Gasteiger partial charge is 0.464 e. The van der Waals surface area contributed by atoms with Gasteiger partial charge in [0.2, 0.25) is 0 Å². The number of aliphatic hydroxyl groups is 1. The van der Waals surface area contributed by atoms with Crippen molar-refractivity contribution < 1.29 is 19.4 Å². The van der Waals surface area contributed by atoms with Crippen LogP contribution in [0.25, 0.3) is 0 Å². The minimum atomic E-state index is -1.31. The third-order valence-corrected chi connectivity index (χ3v) is 1.58. The summed E-state index contributed by atoms with van der Waals surface area (Å²) in [6.07, 6.45) is -0.308. The average molecular weight is 174 g/mol. The van der Waals surface area contributed by atoms with E-state index in [0.29, 0.717) is 12.7 Å². The molecule has 12 heavy (non-hydrogen) atoms. The highest BCUT2D eigenvalue weighted by Crippen LogP contribution is 2.06. The third-order valence-electron chi connectivity index (χ3n) is 1.58. The van der Waals surface area contributed by atoms with Crippen LogP contribution < -0.4 is 0 Å². The molecular weight excluding hydrogens is 160 g/mol. The van der Waals surface area contributed by atoms with Gasteiger partial charge in [-0.1, -0.05) is 6.92 Å². The van der Waals surface area contributed by atoms with Gasteiger partial charge in [0.15, 0.2) is 6.10 Å². The van der Waals surface area contributed by atoms with Crippen LogP contribution in [-0.2, 0) is 14.3 Å². The predicted molar refractivity (Wildman–Crippen MR) is 42.5 cm³/mol. The summed E-state index contributed by atoms with van der Waals surface area (Å²) in [4.78, 5) is 21.2. The molecule has 0 saturated carbocycles. The summed E-state index contributed by atoms with van der Waals surface area (Å²) < 4.78 is 4.54. The highest BCUT2D eigenvalue weighted by atomic mass is 16.5. The molecule has 0 rings (SSSR count). The van der Waals surface area contributed by atoms with Crippen molar-refractivity contribution in [3.63, 3.8) is 0 Å². The standard InChI is InChI=1S/C8H14O4/c1-3-6(5-9)7(10)8(11)12-4-2/h5-7,10H,3-4H2,1-2H3. The van der Waals surface area contributed by atoms with Gasteiger partial charge in [-0.15, -0.1) is 0 Å². The van der Waals surface area contributed by atoms with E-state index >= 15 is 0 Å². The number of aldehydes is 1. The van der Waals surface area contributed by atoms with Crippen LogP contribution in [0.15, 0.2) is 0 Å². The summed E-state index contributed by atoms with van der Waals surface area (Å²) in [7, 11) is 0. The molecule has 4 heteroatoms. The van der Waals surface area contributed by atoms with Gasteiger partial charge in [0.25, 0.3) is 0 Å². The quantitative estimate of drug-likeness (QED) is 0.475. The fourth-order valence-corrected chi connectivity index (χ4v) is 0.796. The fraction of sp³-hybridized carbons (Fsp3) is 0.750. The van der Waals surface area contributed by atoms with Crippen LogP contribution in [-0.4, -0.2) is 30.1 Å². The Bertz CT molecular complexity index is 155. The Morgan fingerprint density at radius 2 is 2.17 bits per heavy atom. The predicted octanol–water partition coefficient (Wildman–Crippen LogP) is 0.135. The minimum Gasteiger partial charge on any atom is -0.464 e. The van der Waals surface area contributed by atoms with Crippen LogP contribution in [0.2, 0.25) is 0 Å². The third kappa shape index (κ3) is 3.00. The van der Waals surface area contributed by atoms with Crippen molar-refractivity contribution in [2.75, 3.05) is 6.61 Å². The first-order valence-corrected chi connectivity index (χ1v) is 3.97. The van der Waals surface area contributed by atoms with Gasteiger partial charge >= 0.3 is 5.97 Å². The number of ether oxygens (including phenoxy) is 1. The Morgan fingerprint density at radius 1 is 1.58 bits per heavy atom. The highest BCUT2D eigenvalue weighted by Gasteiger charge is 2.25. The van der Waals surface area contributed by atoms with E-state index in [0.717, 1.165) is 0 Å². The molecular formula is C8H14O4. The number of hydrogen-bond acceptors (Lipinski definition) is 4. The van der Waals surface area contributed by atoms with Crippen molar-refractivity contribution >= 4 is 12.3 Å². The van der Waals surface area contributed by atoms with Gasteiger partial charge < -0.3 is 14.6 Å². The Balaban J connectivity index is 4.05. The molecule has 0 aliphatic carbocycles. The first kappa shape index (κ1) is 11.1. The molecule has 2 atom stereocenters. The molecule has 0 aromatic heterocycles. The number of esters is 1. The summed E-state index contributed by atoms with van der Waals surface area (Å²) in [5, 5.41) is 9.20. The Morgan fingerprint density at radius 3 is 2.50 bits per heavy atom. The Labute approximate surface area is 71.5 Å². The van der Waals surface area contributed by atoms with E-state index in [9.17, 15) is 14.7 Å². The second-order valence-electron chi connectivity index (χ2n) is 2.41. The van der Waals surface area contributed by atoms with Gasteiger partial charge in [-0.05, 0) is 13.3 Å². The molecule has 0 aliphatic rings. The summed E-state index contributed by atoms with van der Waals surface area (Å²) in [5.74, 6) is -1.37. The van der Waals surface area contributed by atoms with Crippen LogP contribution in [0, 0.1) is 5.92 Å². The second kappa shape index (κ2) is 5.71. The highest BCUT2D eigenvalue weighted by molar-refractivity contribution is 5.78. The summed E-state index contributed by atoms with van der Waals surface area (Å²) in [6.45, 7) is 3.58. The summed E-state index contributed by atoms with van der Waals surface area (Å²) >= 11 is 0. The maximum atomic E-state index is 10.9. The topological polar surface area (TPSA) is 63.6 Å². The molecule has 1 N–H and O–H groups in total. The van der Waals surface area contributed by atoms with Crippen LogP contribution in [0.5, 0.6) is 0 Å². The van der Waals surface area contributed by atoms with E-state index in [2.05, 4.69) is 4.74 Å². The molecule has 0 saturated heterocycles. The van der Waals surface area contributed by atoms with E-state index < -0.39 is 18.0 Å². The van der Waals surface area contributed by atoms with E-state index in [1.807, 2.05) is 0 Å². The Kier molecular flexibility index (Phi) is 5.28. The van der Waals surface area contributed by atoms with Crippen LogP contribution in [0.1, 0.15) is 20.3 Å². The van der Waals surface area contributed by atoms with E-state index in [-0.39, 0.29) is 6.61 Å². The van der Waals surface area contributed by atoms with Crippen molar-refractivity contribution in [2.24, 2.45) is 5.92 Å². The first-order valence-electron chi connectivity index (χ1n) is 3.97. The average Bonchev–Trinajstić information content (AvgIpc) is 2.07. The van der Waals surface area contributed by atoms with Crippen molar-refractivity contribution in [1.29, 1.82) is 0 Å². The number of carbonyl (C=O) groups is 2. The van der Waals surface area contributed by atoms with Gasteiger partial charge in [-0.2, -0.15) is 0 Å². The molecule has 0 spiro atoms. The number of aliphatic hydroxyl groups excluding tert-OH is 1. The molecule has 70 valence electrons. The summed E-state index contributed by atoms with van der Waals surface area (Å²) in [6, 6.07) is 0. The molecule has 0 radical (unpaired) electrons. The zero-order valence-corrected chi connectivity index (χ0v) is 7.32. The van der Waals surface area contributed by atoms with Crippen LogP contribution in [0.3, 0.4) is 0 Å². The van der Waals surface area contributed by atoms with Crippen LogP contribution in [0.4, 0.5) is 0 Å². The molecule has 0 aliphatic heterocycles. The van der Waals surface area contributed by atoms with Crippen molar-refractivity contribution in [3.05, 3.63) is 0 Å². The lowest BCUT2D eigenvalue weighted by Gasteiger charge is -2.13. The van der Waals surface area contributed by atoms with Gasteiger partial charge in [-0.3, -0.25) is 0 Å². The van der Waals surface area contributed by atoms with Gasteiger partial charge in [0, 0.05) is 0 Å². The smallest absolute Gasteiger partial charge is 0.335 e. The van der Waals surface area contributed by atoms with Gasteiger partial charge in [-0.25, -0.2) is 4.79 Å². The molecule has 0 aromatic carbocycles. The number of hydrogen-bond donors (Lipinski definition) is 1. The fourth-order valence-electron chi connectivity index (χ4n) is 0.796. The molecule has 4 nitrogen and oxygen atoms in total. The molecule has 0 aromatic rings. The summed E-state index contributed by atoms with van der Waals surface area (Å²) in [5.41, 5.74) is 0. The maximum absolute atomic E-state index is 10.9. The maximum Gasteiger partial charge on any atom is 0.335 e. The lowest BCUT2D eigenvalue weighted by molar-refractivity contribution is -0.157. The molecule has 0 heterocycles. The second-order valence-corrected chi connectivity index (χ2v) is 2.41. The van der Waals surface area contributed by atoms with Crippen molar-refractivity contribution in [1.82, 2.24) is 0 Å². The Hall–Kier alpha value is -0.900. The van der Waals surface area contributed by atoms with Crippen molar-refractivity contribution in [3.8, 4) is 0 Å². The van der Waals surface area contributed by atoms with Crippen LogP contribution >= 0.6 is 0 Å². The van der Waals surface area contributed by atoms with E-state index in [1.165, 1.54) is 0 Å². The molecule has 0 amide bonds. The molecule has 2 unspecified atom stereocenters. The van der Waals surface area contributed by atoms with Crippen molar-refractivity contribution in [2.45, 2.75) is 26.4 Å². The minimum absolute atomic E-state index is 0.213. The zero-order valence-electron chi connectivity index (χ0n) is 7.32. The lowest BCUT2D eigenvalue weighted by Crippen LogP contribution is -2.31. The lowest BCUT2D eigenvalue weighted by atomic mass is 10.0. The number of rotatable bonds is 5. The normalized spacial score (nSPS) is 14.9. The van der Waals surface area contributed by atoms with Gasteiger partial charge in [0.05, 0.1) is 12.5 Å². The molecule has 0 bridgehead atoms. The SMILES string of the molecule is CCOC(=O)C(O)C(C=O)CC. The first-order chi connectivity index (χ1) is 5.67. The zero-order chi connectivity index (χ0) is 9.56.